The number of rotatable bonds is 5. The quantitative estimate of drug-likeness (QED) is 0.843. The molecule has 0 radical (unpaired) electrons. The third kappa shape index (κ3) is 4.48. The number of aromatic nitrogens is 1. The molecule has 0 amide bonds. The number of pyridine rings is 1. The SMILES string of the molecule is O=C(O)C=Cc1ccc(OCc2c(Cl)cccc2Cl)cn1. The second-order valence-electron chi connectivity index (χ2n) is 4.08. The summed E-state index contributed by atoms with van der Waals surface area (Å²) in [5.74, 6) is -0.482. The van der Waals surface area contributed by atoms with E-state index in [1.807, 2.05) is 0 Å². The third-order valence-corrected chi connectivity index (χ3v) is 3.31. The highest BCUT2D eigenvalue weighted by Crippen LogP contribution is 2.25. The topological polar surface area (TPSA) is 59.4 Å². The fourth-order valence-corrected chi connectivity index (χ4v) is 2.06. The van der Waals surface area contributed by atoms with Crippen molar-refractivity contribution in [1.29, 1.82) is 0 Å². The Hall–Kier alpha value is -2.04. The Morgan fingerprint density at radius 3 is 2.52 bits per heavy atom. The number of halogens is 2. The summed E-state index contributed by atoms with van der Waals surface area (Å²) in [5.41, 5.74) is 1.23. The summed E-state index contributed by atoms with van der Waals surface area (Å²) in [6.45, 7) is 0.227. The average Bonchev–Trinajstić information content (AvgIpc) is 2.46. The van der Waals surface area contributed by atoms with Crippen LogP contribution in [0, 0.1) is 0 Å². The van der Waals surface area contributed by atoms with E-state index in [0.717, 1.165) is 6.08 Å². The van der Waals surface area contributed by atoms with Gasteiger partial charge in [0, 0.05) is 21.7 Å². The molecule has 0 saturated heterocycles. The van der Waals surface area contributed by atoms with E-state index in [0.29, 0.717) is 27.1 Å². The lowest BCUT2D eigenvalue weighted by atomic mass is 10.2. The summed E-state index contributed by atoms with van der Waals surface area (Å²) in [6.07, 6.45) is 3.93. The highest BCUT2D eigenvalue weighted by molar-refractivity contribution is 6.35. The van der Waals surface area contributed by atoms with Gasteiger partial charge in [-0.1, -0.05) is 29.3 Å². The first kappa shape index (κ1) is 15.4. The van der Waals surface area contributed by atoms with Gasteiger partial charge in [-0.2, -0.15) is 0 Å². The van der Waals surface area contributed by atoms with Crippen molar-refractivity contribution in [3.63, 3.8) is 0 Å². The maximum absolute atomic E-state index is 10.4. The van der Waals surface area contributed by atoms with Crippen molar-refractivity contribution in [2.45, 2.75) is 6.61 Å². The molecule has 0 spiro atoms. The molecule has 4 nitrogen and oxygen atoms in total. The first-order valence-electron chi connectivity index (χ1n) is 5.99. The molecular formula is C15H11Cl2NO3. The molecule has 21 heavy (non-hydrogen) atoms. The molecule has 0 aliphatic heterocycles. The molecule has 0 bridgehead atoms. The Morgan fingerprint density at radius 2 is 1.95 bits per heavy atom. The van der Waals surface area contributed by atoms with Crippen molar-refractivity contribution in [1.82, 2.24) is 4.98 Å². The molecule has 1 aromatic heterocycles. The van der Waals surface area contributed by atoms with Gasteiger partial charge in [-0.25, -0.2) is 4.79 Å². The molecule has 0 saturated carbocycles. The van der Waals surface area contributed by atoms with E-state index in [-0.39, 0.29) is 6.61 Å². The maximum atomic E-state index is 10.4. The molecule has 108 valence electrons. The normalized spacial score (nSPS) is 10.8. The van der Waals surface area contributed by atoms with Crippen LogP contribution in [0.3, 0.4) is 0 Å². The lowest BCUT2D eigenvalue weighted by Crippen LogP contribution is -1.98. The molecule has 1 aromatic carbocycles. The van der Waals surface area contributed by atoms with Crippen LogP contribution in [0.5, 0.6) is 5.75 Å². The number of hydrogen-bond donors (Lipinski definition) is 1. The van der Waals surface area contributed by atoms with Crippen LogP contribution in [0.2, 0.25) is 10.0 Å². The summed E-state index contributed by atoms with van der Waals surface area (Å²) in [7, 11) is 0. The molecule has 0 aliphatic carbocycles. The number of carboxylic acids is 1. The van der Waals surface area contributed by atoms with Gasteiger partial charge in [0.25, 0.3) is 0 Å². The fourth-order valence-electron chi connectivity index (χ4n) is 1.56. The summed E-state index contributed by atoms with van der Waals surface area (Å²) in [6, 6.07) is 8.59. The molecule has 0 aliphatic rings. The van der Waals surface area contributed by atoms with E-state index in [2.05, 4.69) is 4.98 Å². The fraction of sp³-hybridized carbons (Fsp3) is 0.0667. The van der Waals surface area contributed by atoms with Crippen molar-refractivity contribution in [3.8, 4) is 5.75 Å². The van der Waals surface area contributed by atoms with E-state index < -0.39 is 5.97 Å². The summed E-state index contributed by atoms with van der Waals surface area (Å²) < 4.78 is 5.56. The molecule has 1 heterocycles. The number of aliphatic carboxylic acids is 1. The largest absolute Gasteiger partial charge is 0.487 e. The van der Waals surface area contributed by atoms with Crippen LogP contribution in [-0.4, -0.2) is 16.1 Å². The lowest BCUT2D eigenvalue weighted by Gasteiger charge is -2.09. The minimum absolute atomic E-state index is 0.227. The molecule has 2 aromatic rings. The predicted molar refractivity (Wildman–Crippen MR) is 81.7 cm³/mol. The van der Waals surface area contributed by atoms with E-state index in [1.165, 1.54) is 12.3 Å². The highest BCUT2D eigenvalue weighted by atomic mass is 35.5. The van der Waals surface area contributed by atoms with Crippen LogP contribution in [0.1, 0.15) is 11.3 Å². The number of nitrogens with zero attached hydrogens (tertiary/aromatic N) is 1. The smallest absolute Gasteiger partial charge is 0.328 e. The Morgan fingerprint density at radius 1 is 1.24 bits per heavy atom. The molecule has 0 atom stereocenters. The summed E-state index contributed by atoms with van der Waals surface area (Å²) in [4.78, 5) is 14.5. The maximum Gasteiger partial charge on any atom is 0.328 e. The van der Waals surface area contributed by atoms with Crippen molar-refractivity contribution < 1.29 is 14.6 Å². The van der Waals surface area contributed by atoms with Crippen LogP contribution in [0.15, 0.2) is 42.6 Å². The predicted octanol–water partition coefficient (Wildman–Crippen LogP) is 4.07. The zero-order valence-corrected chi connectivity index (χ0v) is 12.3. The van der Waals surface area contributed by atoms with E-state index in [9.17, 15) is 4.79 Å². The van der Waals surface area contributed by atoms with Gasteiger partial charge in [0.2, 0.25) is 0 Å². The van der Waals surface area contributed by atoms with Crippen LogP contribution >= 0.6 is 23.2 Å². The van der Waals surface area contributed by atoms with Gasteiger partial charge in [-0.3, -0.25) is 4.98 Å². The van der Waals surface area contributed by atoms with Gasteiger partial charge in [-0.05, 0) is 30.3 Å². The first-order chi connectivity index (χ1) is 10.1. The standard InChI is InChI=1S/C15H11Cl2NO3/c16-13-2-1-3-14(17)12(13)9-21-11-6-4-10(18-8-11)5-7-15(19)20/h1-8H,9H2,(H,19,20). The number of carbonyl (C=O) groups is 1. The van der Waals surface area contributed by atoms with Crippen molar-refractivity contribution >= 4 is 35.2 Å². The van der Waals surface area contributed by atoms with Gasteiger partial charge >= 0.3 is 5.97 Å². The van der Waals surface area contributed by atoms with Gasteiger partial charge in [0.1, 0.15) is 12.4 Å². The highest BCUT2D eigenvalue weighted by Gasteiger charge is 2.06. The Labute approximate surface area is 131 Å². The number of hydrogen-bond acceptors (Lipinski definition) is 3. The third-order valence-electron chi connectivity index (χ3n) is 2.60. The minimum Gasteiger partial charge on any atom is -0.487 e. The van der Waals surface area contributed by atoms with E-state index in [1.54, 1.807) is 30.3 Å². The molecular weight excluding hydrogens is 313 g/mol. The molecule has 0 fully saturated rings. The lowest BCUT2D eigenvalue weighted by molar-refractivity contribution is -0.131. The number of ether oxygens (including phenoxy) is 1. The Balaban J connectivity index is 2.02. The van der Waals surface area contributed by atoms with E-state index >= 15 is 0 Å². The van der Waals surface area contributed by atoms with Gasteiger partial charge in [0.05, 0.1) is 11.9 Å². The van der Waals surface area contributed by atoms with Crippen LogP contribution in [0.4, 0.5) is 0 Å². The van der Waals surface area contributed by atoms with Gasteiger partial charge in [-0.15, -0.1) is 0 Å². The van der Waals surface area contributed by atoms with Crippen LogP contribution in [-0.2, 0) is 11.4 Å². The average molecular weight is 324 g/mol. The van der Waals surface area contributed by atoms with Crippen LogP contribution in [0.25, 0.3) is 6.08 Å². The second kappa shape index (κ2) is 7.11. The minimum atomic E-state index is -1.02. The Kier molecular flexibility index (Phi) is 5.20. The summed E-state index contributed by atoms with van der Waals surface area (Å²) in [5, 5.41) is 9.60. The summed E-state index contributed by atoms with van der Waals surface area (Å²) >= 11 is 12.1. The molecule has 2 rings (SSSR count). The van der Waals surface area contributed by atoms with Crippen molar-refractivity contribution in [2.75, 3.05) is 0 Å². The molecule has 0 unspecified atom stereocenters. The Bertz CT molecular complexity index is 649. The van der Waals surface area contributed by atoms with Gasteiger partial charge < -0.3 is 9.84 Å². The van der Waals surface area contributed by atoms with Crippen molar-refractivity contribution in [2.24, 2.45) is 0 Å². The number of carboxylic acid groups (broad SMARTS) is 1. The van der Waals surface area contributed by atoms with E-state index in [4.69, 9.17) is 33.0 Å². The monoisotopic (exact) mass is 323 g/mol. The van der Waals surface area contributed by atoms with Crippen molar-refractivity contribution in [3.05, 3.63) is 63.9 Å². The first-order valence-corrected chi connectivity index (χ1v) is 6.74. The number of benzene rings is 1. The zero-order valence-electron chi connectivity index (χ0n) is 10.8. The molecule has 1 N–H and O–H groups in total. The zero-order chi connectivity index (χ0) is 15.2. The van der Waals surface area contributed by atoms with Gasteiger partial charge in [0.15, 0.2) is 0 Å². The van der Waals surface area contributed by atoms with Crippen LogP contribution < -0.4 is 4.74 Å². The molecule has 6 heteroatoms. The second-order valence-corrected chi connectivity index (χ2v) is 4.89.